The number of hydrogen-bond donors (Lipinski definition) is 0. The molecule has 2 aliphatic heterocycles. The highest BCUT2D eigenvalue weighted by atomic mass is 16.5. The smallest absolute Gasteiger partial charge is 0.137 e. The van der Waals surface area contributed by atoms with E-state index in [-0.39, 0.29) is 5.57 Å². The molecule has 0 bridgehead atoms. The highest BCUT2D eigenvalue weighted by Gasteiger charge is 2.22. The zero-order valence-corrected chi connectivity index (χ0v) is 16.7. The van der Waals surface area contributed by atoms with Crippen molar-refractivity contribution in [1.29, 1.82) is 10.5 Å². The molecular weight excluding hydrogens is 346 g/mol. The normalized spacial score (nSPS) is 21.5. The molecular formula is C24H27N3O. The molecule has 1 aliphatic carbocycles. The van der Waals surface area contributed by atoms with Crippen LogP contribution in [0, 0.1) is 28.6 Å². The van der Waals surface area contributed by atoms with Gasteiger partial charge >= 0.3 is 0 Å². The van der Waals surface area contributed by atoms with Gasteiger partial charge in [0.1, 0.15) is 29.2 Å². The van der Waals surface area contributed by atoms with Crippen molar-refractivity contribution >= 4 is 0 Å². The van der Waals surface area contributed by atoms with E-state index in [0.29, 0.717) is 23.0 Å². The number of hydrogen-bond acceptors (Lipinski definition) is 4. The second kappa shape index (κ2) is 9.29. The van der Waals surface area contributed by atoms with Crippen molar-refractivity contribution in [3.05, 3.63) is 70.4 Å². The predicted molar refractivity (Wildman–Crippen MR) is 110 cm³/mol. The predicted octanol–water partition coefficient (Wildman–Crippen LogP) is 5.43. The monoisotopic (exact) mass is 373 g/mol. The van der Waals surface area contributed by atoms with Gasteiger partial charge in [0.25, 0.3) is 0 Å². The Morgan fingerprint density at radius 1 is 1.32 bits per heavy atom. The Hall–Kier alpha value is -2.98. The quantitative estimate of drug-likeness (QED) is 0.603. The lowest BCUT2D eigenvalue weighted by Crippen LogP contribution is -2.30. The first-order valence-electron chi connectivity index (χ1n) is 10.1. The fourth-order valence-electron chi connectivity index (χ4n) is 3.92. The molecule has 0 aromatic rings. The molecule has 28 heavy (non-hydrogen) atoms. The fourth-order valence-corrected chi connectivity index (χ4v) is 3.92. The number of unbranched alkanes of at least 4 members (excludes halogenated alkanes) is 1. The third kappa shape index (κ3) is 4.65. The van der Waals surface area contributed by atoms with Crippen LogP contribution in [-0.2, 0) is 4.74 Å². The summed E-state index contributed by atoms with van der Waals surface area (Å²) in [5.41, 5.74) is 3.71. The first-order valence-corrected chi connectivity index (χ1v) is 10.1. The summed E-state index contributed by atoms with van der Waals surface area (Å²) in [4.78, 5) is 2.54. The minimum atomic E-state index is 0.107. The second-order valence-corrected chi connectivity index (χ2v) is 7.48. The molecule has 0 saturated carbocycles. The van der Waals surface area contributed by atoms with Crippen molar-refractivity contribution < 1.29 is 4.74 Å². The summed E-state index contributed by atoms with van der Waals surface area (Å²) < 4.78 is 5.75. The SMILES string of the molecule is CCCCN1CCCC2=C1C=CC(/C=C/C1=CC(=C(C#N)C#N)C=C(C)O1)C2. The molecule has 3 rings (SSSR count). The summed E-state index contributed by atoms with van der Waals surface area (Å²) in [6, 6.07) is 3.89. The average molecular weight is 374 g/mol. The minimum Gasteiger partial charge on any atom is -0.462 e. The van der Waals surface area contributed by atoms with Gasteiger partial charge < -0.3 is 9.64 Å². The Kier molecular flexibility index (Phi) is 6.56. The molecule has 0 radical (unpaired) electrons. The van der Waals surface area contributed by atoms with E-state index in [4.69, 9.17) is 15.3 Å². The van der Waals surface area contributed by atoms with Gasteiger partial charge in [0.15, 0.2) is 0 Å². The van der Waals surface area contributed by atoms with E-state index in [2.05, 4.69) is 30.1 Å². The van der Waals surface area contributed by atoms with E-state index in [0.717, 1.165) is 13.0 Å². The van der Waals surface area contributed by atoms with Gasteiger partial charge in [-0.1, -0.05) is 25.5 Å². The molecule has 3 aliphatic rings. The van der Waals surface area contributed by atoms with Crippen LogP contribution in [0.15, 0.2) is 70.4 Å². The molecule has 4 nitrogen and oxygen atoms in total. The Bertz CT molecular complexity index is 868. The molecule has 0 spiro atoms. The average Bonchev–Trinajstić information content (AvgIpc) is 2.71. The van der Waals surface area contributed by atoms with Gasteiger partial charge in [0.2, 0.25) is 0 Å². The lowest BCUT2D eigenvalue weighted by molar-refractivity contribution is 0.313. The van der Waals surface area contributed by atoms with Crippen LogP contribution >= 0.6 is 0 Å². The largest absolute Gasteiger partial charge is 0.462 e. The maximum absolute atomic E-state index is 9.10. The first kappa shape index (κ1) is 19.8. The molecule has 0 aromatic heterocycles. The summed E-state index contributed by atoms with van der Waals surface area (Å²) >= 11 is 0. The summed E-state index contributed by atoms with van der Waals surface area (Å²) in [6.07, 6.45) is 18.1. The summed E-state index contributed by atoms with van der Waals surface area (Å²) in [5.74, 6) is 1.70. The molecule has 0 aromatic carbocycles. The zero-order chi connectivity index (χ0) is 19.9. The van der Waals surface area contributed by atoms with Gasteiger partial charge in [-0.25, -0.2) is 0 Å². The molecule has 4 heteroatoms. The third-order valence-corrected chi connectivity index (χ3v) is 5.33. The lowest BCUT2D eigenvalue weighted by Gasteiger charge is -2.35. The van der Waals surface area contributed by atoms with Crippen molar-refractivity contribution in [1.82, 2.24) is 4.90 Å². The molecule has 0 N–H and O–H groups in total. The standard InChI is InChI=1S/C24H27N3O/c1-3-4-11-27-12-5-6-20-14-19(8-10-24(20)27)7-9-23-15-21(13-18(2)28-23)22(16-25)17-26/h7-10,13,15,19H,3-6,11-12,14H2,1-2H3/b9-7+. The molecule has 1 atom stereocenters. The first-order chi connectivity index (χ1) is 13.6. The van der Waals surface area contributed by atoms with Gasteiger partial charge in [-0.2, -0.15) is 10.5 Å². The molecule has 1 unspecified atom stereocenters. The van der Waals surface area contributed by atoms with Gasteiger partial charge in [0, 0.05) is 24.4 Å². The highest BCUT2D eigenvalue weighted by Crippen LogP contribution is 2.34. The second-order valence-electron chi connectivity index (χ2n) is 7.48. The van der Waals surface area contributed by atoms with E-state index in [1.165, 1.54) is 37.9 Å². The fraction of sp³-hybridized carbons (Fsp3) is 0.417. The Morgan fingerprint density at radius 3 is 2.89 bits per heavy atom. The van der Waals surface area contributed by atoms with Crippen molar-refractivity contribution in [2.24, 2.45) is 5.92 Å². The number of rotatable bonds is 5. The van der Waals surface area contributed by atoms with E-state index >= 15 is 0 Å². The van der Waals surface area contributed by atoms with E-state index in [9.17, 15) is 0 Å². The summed E-state index contributed by atoms with van der Waals surface area (Å²) in [6.45, 7) is 6.40. The van der Waals surface area contributed by atoms with E-state index < -0.39 is 0 Å². The van der Waals surface area contributed by atoms with Gasteiger partial charge in [-0.3, -0.25) is 0 Å². The zero-order valence-electron chi connectivity index (χ0n) is 16.7. The number of nitrogens with zero attached hydrogens (tertiary/aromatic N) is 3. The van der Waals surface area contributed by atoms with E-state index in [1.807, 2.05) is 25.1 Å². The highest BCUT2D eigenvalue weighted by molar-refractivity contribution is 5.53. The van der Waals surface area contributed by atoms with Crippen molar-refractivity contribution in [2.75, 3.05) is 13.1 Å². The topological polar surface area (TPSA) is 60.0 Å². The van der Waals surface area contributed by atoms with Crippen LogP contribution in [0.25, 0.3) is 0 Å². The Labute approximate surface area is 168 Å². The van der Waals surface area contributed by atoms with Crippen molar-refractivity contribution in [2.45, 2.75) is 46.0 Å². The van der Waals surface area contributed by atoms with Crippen LogP contribution in [0.1, 0.15) is 46.0 Å². The molecule has 144 valence electrons. The lowest BCUT2D eigenvalue weighted by atomic mass is 9.87. The number of nitriles is 2. The third-order valence-electron chi connectivity index (χ3n) is 5.33. The van der Waals surface area contributed by atoms with Crippen LogP contribution in [0.4, 0.5) is 0 Å². The van der Waals surface area contributed by atoms with E-state index in [1.54, 1.807) is 17.7 Å². The maximum Gasteiger partial charge on any atom is 0.137 e. The van der Waals surface area contributed by atoms with Crippen LogP contribution in [0.2, 0.25) is 0 Å². The Morgan fingerprint density at radius 2 is 2.14 bits per heavy atom. The van der Waals surface area contributed by atoms with Crippen molar-refractivity contribution in [3.63, 3.8) is 0 Å². The van der Waals surface area contributed by atoms with Crippen LogP contribution in [0.5, 0.6) is 0 Å². The minimum absolute atomic E-state index is 0.107. The van der Waals surface area contributed by atoms with Crippen LogP contribution in [0.3, 0.4) is 0 Å². The number of ether oxygens (including phenoxy) is 1. The molecule has 0 saturated heterocycles. The maximum atomic E-state index is 9.10. The van der Waals surface area contributed by atoms with Gasteiger partial charge in [-0.15, -0.1) is 0 Å². The van der Waals surface area contributed by atoms with Crippen molar-refractivity contribution in [3.8, 4) is 12.1 Å². The molecule has 0 amide bonds. The van der Waals surface area contributed by atoms with Crippen LogP contribution in [-0.4, -0.2) is 18.0 Å². The summed E-state index contributed by atoms with van der Waals surface area (Å²) in [7, 11) is 0. The van der Waals surface area contributed by atoms with Gasteiger partial charge in [-0.05, 0) is 68.4 Å². The summed E-state index contributed by atoms with van der Waals surface area (Å²) in [5, 5.41) is 18.2. The molecule has 2 heterocycles. The van der Waals surface area contributed by atoms with Crippen LogP contribution < -0.4 is 0 Å². The van der Waals surface area contributed by atoms with Gasteiger partial charge in [0.05, 0.1) is 0 Å². The Balaban J connectivity index is 1.71. The molecule has 0 fully saturated rings. The number of allylic oxidation sites excluding steroid dienone is 10.